The fourth-order valence-corrected chi connectivity index (χ4v) is 3.45. The fraction of sp³-hybridized carbons (Fsp3) is 0.250. The number of aromatic nitrogens is 5. The highest BCUT2D eigenvalue weighted by Gasteiger charge is 2.19. The summed E-state index contributed by atoms with van der Waals surface area (Å²) in [5.74, 6) is 0.162. The Hall–Kier alpha value is -4.94. The number of methoxy groups -OCH3 is 1. The average molecular weight is 506 g/mol. The van der Waals surface area contributed by atoms with E-state index < -0.39 is 5.91 Å². The smallest absolute Gasteiger partial charge is 0.254 e. The summed E-state index contributed by atoms with van der Waals surface area (Å²) in [6.45, 7) is 4.03. The van der Waals surface area contributed by atoms with Crippen molar-refractivity contribution >= 4 is 35.0 Å². The Morgan fingerprint density at radius 2 is 2.00 bits per heavy atom. The normalized spacial score (nSPS) is 10.8. The lowest BCUT2D eigenvalue weighted by molar-refractivity contribution is -0.120. The molecule has 0 radical (unpaired) electrons. The number of rotatable bonds is 10. The van der Waals surface area contributed by atoms with Crippen molar-refractivity contribution in [3.8, 4) is 17.2 Å². The first-order valence-corrected chi connectivity index (χ1v) is 11.4. The number of nitrogens with two attached hydrogens (primary N) is 1. The van der Waals surface area contributed by atoms with Crippen LogP contribution in [-0.4, -0.2) is 50.7 Å². The van der Waals surface area contributed by atoms with Crippen LogP contribution in [0.1, 0.15) is 35.9 Å². The molecular weight excluding hydrogens is 478 g/mol. The molecule has 0 bridgehead atoms. The molecule has 0 aliphatic carbocycles. The molecular formula is C24H27N9O4. The van der Waals surface area contributed by atoms with Crippen molar-refractivity contribution in [3.05, 3.63) is 54.3 Å². The molecule has 1 aromatic carbocycles. The Morgan fingerprint density at radius 1 is 1.19 bits per heavy atom. The molecule has 4 rings (SSSR count). The lowest BCUT2D eigenvalue weighted by Crippen LogP contribution is -2.20. The van der Waals surface area contributed by atoms with Crippen molar-refractivity contribution in [2.45, 2.75) is 26.3 Å². The van der Waals surface area contributed by atoms with Gasteiger partial charge in [-0.25, -0.2) is 9.97 Å². The van der Waals surface area contributed by atoms with Gasteiger partial charge in [-0.3, -0.25) is 14.3 Å². The average Bonchev–Trinajstić information content (AvgIpc) is 3.53. The van der Waals surface area contributed by atoms with E-state index in [0.717, 1.165) is 0 Å². The van der Waals surface area contributed by atoms with Crippen LogP contribution in [0, 0.1) is 0 Å². The van der Waals surface area contributed by atoms with Crippen molar-refractivity contribution in [2.75, 3.05) is 24.8 Å². The predicted octanol–water partition coefficient (Wildman–Crippen LogP) is 2.79. The first-order valence-electron chi connectivity index (χ1n) is 11.4. The maximum atomic E-state index is 12.1. The molecule has 0 saturated carbocycles. The SMILES string of the molecule is CNC(=O)Cc1coc(-c2cccc(Nc3nc(Nc4cnn(C(C)C)c4)ncc3C(N)=O)c2OC)n1. The van der Waals surface area contributed by atoms with Crippen molar-refractivity contribution < 1.29 is 18.7 Å². The van der Waals surface area contributed by atoms with Crippen LogP contribution in [0.3, 0.4) is 0 Å². The molecule has 0 spiro atoms. The van der Waals surface area contributed by atoms with E-state index >= 15 is 0 Å². The van der Waals surface area contributed by atoms with Crippen LogP contribution in [0.4, 0.5) is 23.1 Å². The number of carbonyl (C=O) groups is 2. The van der Waals surface area contributed by atoms with Crippen molar-refractivity contribution in [1.29, 1.82) is 0 Å². The van der Waals surface area contributed by atoms with Gasteiger partial charge in [0.1, 0.15) is 17.6 Å². The molecule has 5 N–H and O–H groups in total. The van der Waals surface area contributed by atoms with E-state index in [9.17, 15) is 9.59 Å². The number of hydrogen-bond donors (Lipinski definition) is 4. The summed E-state index contributed by atoms with van der Waals surface area (Å²) in [6.07, 6.45) is 6.31. The molecule has 192 valence electrons. The van der Waals surface area contributed by atoms with Gasteiger partial charge >= 0.3 is 0 Å². The number of hydrogen-bond acceptors (Lipinski definition) is 10. The molecule has 0 aliphatic rings. The summed E-state index contributed by atoms with van der Waals surface area (Å²) in [4.78, 5) is 36.8. The summed E-state index contributed by atoms with van der Waals surface area (Å²) < 4.78 is 13.0. The van der Waals surface area contributed by atoms with Crippen LogP contribution in [0.25, 0.3) is 11.5 Å². The van der Waals surface area contributed by atoms with E-state index in [1.54, 1.807) is 36.1 Å². The van der Waals surface area contributed by atoms with Gasteiger partial charge in [0.2, 0.25) is 17.7 Å². The van der Waals surface area contributed by atoms with Gasteiger partial charge in [0.25, 0.3) is 5.91 Å². The van der Waals surface area contributed by atoms with E-state index in [4.69, 9.17) is 14.9 Å². The topological polar surface area (TPSA) is 175 Å². The Bertz CT molecular complexity index is 1430. The van der Waals surface area contributed by atoms with E-state index in [2.05, 4.69) is 36.0 Å². The molecule has 13 nitrogen and oxygen atoms in total. The van der Waals surface area contributed by atoms with Crippen LogP contribution in [0.15, 0.2) is 47.5 Å². The summed E-state index contributed by atoms with van der Waals surface area (Å²) >= 11 is 0. The Morgan fingerprint density at radius 3 is 2.68 bits per heavy atom. The second-order valence-corrected chi connectivity index (χ2v) is 8.25. The number of para-hydroxylation sites is 1. The molecule has 0 atom stereocenters. The number of nitrogens with zero attached hydrogens (tertiary/aromatic N) is 5. The Labute approximate surface area is 212 Å². The highest BCUT2D eigenvalue weighted by atomic mass is 16.5. The second kappa shape index (κ2) is 10.8. The first-order chi connectivity index (χ1) is 17.8. The Kier molecular flexibility index (Phi) is 7.32. The van der Waals surface area contributed by atoms with Gasteiger partial charge in [-0.15, -0.1) is 0 Å². The maximum Gasteiger partial charge on any atom is 0.254 e. The molecule has 0 saturated heterocycles. The van der Waals surface area contributed by atoms with Crippen LogP contribution >= 0.6 is 0 Å². The van der Waals surface area contributed by atoms with Gasteiger partial charge in [-0.2, -0.15) is 10.1 Å². The molecule has 3 heterocycles. The Balaban J connectivity index is 1.65. The summed E-state index contributed by atoms with van der Waals surface area (Å²) in [5, 5.41) is 13.0. The number of likely N-dealkylation sites (N-methyl/N-ethyl adjacent to an activating group) is 1. The number of oxazole rings is 1. The molecule has 2 amide bonds. The predicted molar refractivity (Wildman–Crippen MR) is 136 cm³/mol. The second-order valence-electron chi connectivity index (χ2n) is 8.25. The zero-order valence-electron chi connectivity index (χ0n) is 20.8. The molecule has 3 aromatic heterocycles. The zero-order chi connectivity index (χ0) is 26.5. The maximum absolute atomic E-state index is 12.1. The number of amides is 2. The third kappa shape index (κ3) is 5.66. The van der Waals surface area contributed by atoms with E-state index in [0.29, 0.717) is 28.4 Å². The third-order valence-corrected chi connectivity index (χ3v) is 5.32. The van der Waals surface area contributed by atoms with Crippen molar-refractivity contribution in [3.63, 3.8) is 0 Å². The summed E-state index contributed by atoms with van der Waals surface area (Å²) in [6, 6.07) is 5.44. The van der Waals surface area contributed by atoms with Crippen LogP contribution in [0.5, 0.6) is 5.75 Å². The minimum absolute atomic E-state index is 0.0784. The van der Waals surface area contributed by atoms with Gasteiger partial charge in [0.05, 0.1) is 42.4 Å². The van der Waals surface area contributed by atoms with Gasteiger partial charge in [-0.1, -0.05) is 6.07 Å². The van der Waals surface area contributed by atoms with Crippen molar-refractivity contribution in [2.24, 2.45) is 5.73 Å². The number of ether oxygens (including phenoxy) is 1. The number of anilines is 4. The molecule has 13 heteroatoms. The molecule has 0 aliphatic heterocycles. The first kappa shape index (κ1) is 25.2. The monoisotopic (exact) mass is 505 g/mol. The summed E-state index contributed by atoms with van der Waals surface area (Å²) in [7, 11) is 3.04. The van der Waals surface area contributed by atoms with Gasteiger partial charge < -0.3 is 30.8 Å². The number of primary amides is 1. The molecule has 4 aromatic rings. The van der Waals surface area contributed by atoms with Crippen LogP contribution < -0.4 is 26.4 Å². The van der Waals surface area contributed by atoms with E-state index in [-0.39, 0.29) is 41.6 Å². The number of carbonyl (C=O) groups excluding carboxylic acids is 2. The van der Waals surface area contributed by atoms with Crippen LogP contribution in [0.2, 0.25) is 0 Å². The molecule has 0 fully saturated rings. The zero-order valence-corrected chi connectivity index (χ0v) is 20.8. The fourth-order valence-electron chi connectivity index (χ4n) is 3.45. The van der Waals surface area contributed by atoms with Gasteiger partial charge in [-0.05, 0) is 26.0 Å². The van der Waals surface area contributed by atoms with Crippen LogP contribution in [-0.2, 0) is 11.2 Å². The van der Waals surface area contributed by atoms with E-state index in [1.807, 2.05) is 20.0 Å². The number of benzene rings is 1. The quantitative estimate of drug-likeness (QED) is 0.251. The van der Waals surface area contributed by atoms with Crippen molar-refractivity contribution in [1.82, 2.24) is 30.0 Å². The molecule has 0 unspecified atom stereocenters. The highest BCUT2D eigenvalue weighted by Crippen LogP contribution is 2.37. The molecule has 37 heavy (non-hydrogen) atoms. The summed E-state index contributed by atoms with van der Waals surface area (Å²) in [5.41, 5.74) is 7.82. The lowest BCUT2D eigenvalue weighted by Gasteiger charge is -2.15. The standard InChI is InChI=1S/C24H27N9O4/c1-13(2)33-11-15(9-28-33)30-24-27-10-17(21(25)35)22(32-24)31-18-7-5-6-16(20(18)36-4)23-29-14(12-37-23)8-19(34)26-3/h5-7,9-13H,8H2,1-4H3,(H2,25,35)(H,26,34)(H2,27,30,31,32). The minimum atomic E-state index is -0.705. The van der Waals surface area contributed by atoms with E-state index in [1.165, 1.54) is 19.6 Å². The third-order valence-electron chi connectivity index (χ3n) is 5.32. The highest BCUT2D eigenvalue weighted by molar-refractivity contribution is 5.98. The lowest BCUT2D eigenvalue weighted by atomic mass is 10.1. The van der Waals surface area contributed by atoms with Gasteiger partial charge in [0.15, 0.2) is 5.75 Å². The minimum Gasteiger partial charge on any atom is -0.494 e. The largest absolute Gasteiger partial charge is 0.494 e. The van der Waals surface area contributed by atoms with Gasteiger partial charge in [0, 0.05) is 25.5 Å². The number of nitrogens with one attached hydrogen (secondary N) is 3.